The fourth-order valence-corrected chi connectivity index (χ4v) is 7.00. The van der Waals surface area contributed by atoms with Gasteiger partial charge in [-0.2, -0.15) is 0 Å². The van der Waals surface area contributed by atoms with Crippen LogP contribution in [-0.2, 0) is 5.41 Å². The number of rotatable bonds is 3. The number of para-hydroxylation sites is 2. The van der Waals surface area contributed by atoms with Crippen molar-refractivity contribution in [3.8, 4) is 22.8 Å². The topological polar surface area (TPSA) is 35.6 Å². The Hall–Kier alpha value is -5.74. The smallest absolute Gasteiger partial charge is 0.137 e. The Morgan fingerprint density at radius 3 is 1.89 bits per heavy atom. The van der Waals surface area contributed by atoms with Crippen LogP contribution in [0.4, 0.5) is 0 Å². The summed E-state index contributed by atoms with van der Waals surface area (Å²) in [4.78, 5) is 9.76. The molecule has 9 rings (SSSR count). The van der Waals surface area contributed by atoms with Gasteiger partial charge in [-0.15, -0.1) is 0 Å². The molecule has 0 N–H and O–H groups in total. The predicted molar refractivity (Wildman–Crippen MR) is 192 cm³/mol. The standard InChI is InChI=1S/C42H32N4/c1-42(2,3)30-20-21-43-41(24-30)46-38-15-9-7-13-33(38)35-19-17-31(25-40(35)46)45-37-14-8-6-12-32(37)34-18-16-28(23-39(34)45)36-22-27-10-4-5-11-29(27)26-44-36/h4-26H,1-3H3. The maximum atomic E-state index is 4.90. The van der Waals surface area contributed by atoms with E-state index in [1.165, 1.54) is 38.0 Å². The molecule has 0 aliphatic carbocycles. The van der Waals surface area contributed by atoms with E-state index in [9.17, 15) is 0 Å². The van der Waals surface area contributed by atoms with E-state index in [0.29, 0.717) is 0 Å². The molecule has 5 aromatic carbocycles. The van der Waals surface area contributed by atoms with Crippen LogP contribution >= 0.6 is 0 Å². The first-order valence-electron chi connectivity index (χ1n) is 15.8. The Morgan fingerprint density at radius 1 is 0.500 bits per heavy atom. The van der Waals surface area contributed by atoms with Crippen molar-refractivity contribution < 1.29 is 0 Å². The molecule has 0 fully saturated rings. The van der Waals surface area contributed by atoms with Crippen molar-refractivity contribution in [3.05, 3.63) is 145 Å². The van der Waals surface area contributed by atoms with Gasteiger partial charge in [-0.3, -0.25) is 9.55 Å². The highest BCUT2D eigenvalue weighted by Crippen LogP contribution is 2.38. The minimum Gasteiger partial charge on any atom is -0.309 e. The fourth-order valence-electron chi connectivity index (χ4n) is 7.00. The second-order valence-electron chi connectivity index (χ2n) is 13.2. The molecule has 0 radical (unpaired) electrons. The Morgan fingerprint density at radius 2 is 1.13 bits per heavy atom. The molecule has 0 saturated heterocycles. The SMILES string of the molecule is CC(C)(C)c1ccnc(-n2c3ccccc3c3ccc(-n4c5ccccc5c5ccc(-c6cc7ccccc7cn6)cc54)cc32)c1. The first-order valence-corrected chi connectivity index (χ1v) is 15.8. The van der Waals surface area contributed by atoms with E-state index in [0.717, 1.165) is 44.7 Å². The van der Waals surface area contributed by atoms with Crippen molar-refractivity contribution in [3.63, 3.8) is 0 Å². The maximum absolute atomic E-state index is 4.90. The highest BCUT2D eigenvalue weighted by molar-refractivity contribution is 6.12. The number of pyridine rings is 2. The van der Waals surface area contributed by atoms with E-state index in [1.807, 2.05) is 12.4 Å². The number of benzene rings is 5. The van der Waals surface area contributed by atoms with E-state index in [-0.39, 0.29) is 5.41 Å². The molecule has 4 heterocycles. The Balaban J connectivity index is 1.31. The molecule has 4 heteroatoms. The van der Waals surface area contributed by atoms with Gasteiger partial charge in [0.05, 0.1) is 27.8 Å². The third-order valence-electron chi connectivity index (χ3n) is 9.36. The highest BCUT2D eigenvalue weighted by atomic mass is 15.1. The Bertz CT molecular complexity index is 2630. The molecule has 46 heavy (non-hydrogen) atoms. The van der Waals surface area contributed by atoms with Gasteiger partial charge in [-0.1, -0.05) is 99.6 Å². The van der Waals surface area contributed by atoms with Crippen molar-refractivity contribution in [2.45, 2.75) is 26.2 Å². The molecule has 0 unspecified atom stereocenters. The van der Waals surface area contributed by atoms with Crippen LogP contribution < -0.4 is 0 Å². The van der Waals surface area contributed by atoms with Crippen LogP contribution in [0.1, 0.15) is 26.3 Å². The third kappa shape index (κ3) is 4.07. The third-order valence-corrected chi connectivity index (χ3v) is 9.36. The zero-order chi connectivity index (χ0) is 31.0. The van der Waals surface area contributed by atoms with Crippen LogP contribution in [0, 0.1) is 0 Å². The van der Waals surface area contributed by atoms with E-state index in [4.69, 9.17) is 9.97 Å². The molecule has 0 aliphatic heterocycles. The van der Waals surface area contributed by atoms with E-state index in [2.05, 4.69) is 157 Å². The van der Waals surface area contributed by atoms with Gasteiger partial charge in [-0.05, 0) is 64.9 Å². The van der Waals surface area contributed by atoms with Crippen molar-refractivity contribution in [1.29, 1.82) is 0 Å². The molecule has 0 spiro atoms. The summed E-state index contributed by atoms with van der Waals surface area (Å²) in [6, 6.07) is 45.9. The van der Waals surface area contributed by atoms with Gasteiger partial charge in [-0.25, -0.2) is 4.98 Å². The lowest BCUT2D eigenvalue weighted by Crippen LogP contribution is -2.12. The summed E-state index contributed by atoms with van der Waals surface area (Å²) < 4.78 is 4.72. The quantitative estimate of drug-likeness (QED) is 0.205. The molecule has 9 aromatic rings. The molecule has 220 valence electrons. The van der Waals surface area contributed by atoms with Gasteiger partial charge >= 0.3 is 0 Å². The summed E-state index contributed by atoms with van der Waals surface area (Å²) in [5, 5.41) is 7.22. The van der Waals surface area contributed by atoms with Crippen molar-refractivity contribution >= 4 is 54.4 Å². The first kappa shape index (κ1) is 26.6. The van der Waals surface area contributed by atoms with Crippen LogP contribution in [-0.4, -0.2) is 19.1 Å². The molecular formula is C42H32N4. The summed E-state index contributed by atoms with van der Waals surface area (Å²) in [5.74, 6) is 0.933. The summed E-state index contributed by atoms with van der Waals surface area (Å²) in [7, 11) is 0. The molecule has 4 nitrogen and oxygen atoms in total. The van der Waals surface area contributed by atoms with E-state index >= 15 is 0 Å². The zero-order valence-electron chi connectivity index (χ0n) is 26.1. The minimum atomic E-state index is 0.0161. The molecule has 4 aromatic heterocycles. The van der Waals surface area contributed by atoms with Crippen LogP contribution in [0.25, 0.3) is 77.1 Å². The summed E-state index contributed by atoms with van der Waals surface area (Å²) in [6.07, 6.45) is 3.91. The highest BCUT2D eigenvalue weighted by Gasteiger charge is 2.19. The van der Waals surface area contributed by atoms with E-state index < -0.39 is 0 Å². The minimum absolute atomic E-state index is 0.0161. The average molecular weight is 593 g/mol. The molecule has 0 saturated carbocycles. The van der Waals surface area contributed by atoms with Crippen LogP contribution in [0.5, 0.6) is 0 Å². The van der Waals surface area contributed by atoms with Gasteiger partial charge in [0, 0.05) is 50.6 Å². The molecule has 0 bridgehead atoms. The zero-order valence-corrected chi connectivity index (χ0v) is 26.1. The maximum Gasteiger partial charge on any atom is 0.137 e. The monoisotopic (exact) mass is 592 g/mol. The number of hydrogen-bond donors (Lipinski definition) is 0. The largest absolute Gasteiger partial charge is 0.309 e. The van der Waals surface area contributed by atoms with Crippen LogP contribution in [0.2, 0.25) is 0 Å². The number of aromatic nitrogens is 4. The number of nitrogens with zero attached hydrogens (tertiary/aromatic N) is 4. The number of fused-ring (bicyclic) bond motifs is 7. The lowest BCUT2D eigenvalue weighted by Gasteiger charge is -2.20. The summed E-state index contributed by atoms with van der Waals surface area (Å²) in [6.45, 7) is 6.75. The van der Waals surface area contributed by atoms with Gasteiger partial charge in [0.1, 0.15) is 5.82 Å². The average Bonchev–Trinajstić information content (AvgIpc) is 3.60. The molecule has 0 aliphatic rings. The van der Waals surface area contributed by atoms with Crippen molar-refractivity contribution in [1.82, 2.24) is 19.1 Å². The molecule has 0 atom stereocenters. The Labute approximate surface area is 267 Å². The van der Waals surface area contributed by atoms with Crippen LogP contribution in [0.15, 0.2) is 140 Å². The van der Waals surface area contributed by atoms with Crippen molar-refractivity contribution in [2.75, 3.05) is 0 Å². The van der Waals surface area contributed by atoms with Gasteiger partial charge in [0.25, 0.3) is 0 Å². The Kier molecular flexibility index (Phi) is 5.72. The van der Waals surface area contributed by atoms with Crippen LogP contribution in [0.3, 0.4) is 0 Å². The normalized spacial score (nSPS) is 12.2. The van der Waals surface area contributed by atoms with Crippen molar-refractivity contribution in [2.24, 2.45) is 0 Å². The predicted octanol–water partition coefficient (Wildman–Crippen LogP) is 10.8. The van der Waals surface area contributed by atoms with Gasteiger partial charge in [0.2, 0.25) is 0 Å². The summed E-state index contributed by atoms with van der Waals surface area (Å²) in [5.41, 5.74) is 9.08. The lowest BCUT2D eigenvalue weighted by atomic mass is 9.88. The second-order valence-corrected chi connectivity index (χ2v) is 13.2. The van der Waals surface area contributed by atoms with E-state index in [1.54, 1.807) is 0 Å². The van der Waals surface area contributed by atoms with Gasteiger partial charge in [0.15, 0.2) is 0 Å². The molecular weight excluding hydrogens is 560 g/mol. The first-order chi connectivity index (χ1) is 22.4. The van der Waals surface area contributed by atoms with Gasteiger partial charge < -0.3 is 4.57 Å². The fraction of sp³-hybridized carbons (Fsp3) is 0.0952. The molecule has 0 amide bonds. The number of hydrogen-bond acceptors (Lipinski definition) is 2. The lowest BCUT2D eigenvalue weighted by molar-refractivity contribution is 0.588. The second kappa shape index (κ2) is 9.88. The summed E-state index contributed by atoms with van der Waals surface area (Å²) >= 11 is 0.